The Bertz CT molecular complexity index is 975. The summed E-state index contributed by atoms with van der Waals surface area (Å²) >= 11 is 1.47. The lowest BCUT2D eigenvalue weighted by molar-refractivity contribution is 0.231. The molecule has 1 aliphatic heterocycles. The molecule has 0 spiro atoms. The van der Waals surface area contributed by atoms with Crippen LogP contribution in [0.15, 0.2) is 46.6 Å². The average Bonchev–Trinajstić information content (AvgIpc) is 3.23. The fourth-order valence-corrected chi connectivity index (χ4v) is 4.27. The van der Waals surface area contributed by atoms with E-state index in [2.05, 4.69) is 56.3 Å². The summed E-state index contributed by atoms with van der Waals surface area (Å²) in [6, 6.07) is 12.0. The number of benzene rings is 1. The number of H-pyrrole nitrogens is 1. The van der Waals surface area contributed by atoms with E-state index in [0.29, 0.717) is 17.6 Å². The Hall–Kier alpha value is -2.71. The zero-order valence-corrected chi connectivity index (χ0v) is 17.6. The first-order chi connectivity index (χ1) is 14.1. The molecule has 1 aromatic carbocycles. The molecule has 8 heteroatoms. The predicted octanol–water partition coefficient (Wildman–Crippen LogP) is 3.42. The summed E-state index contributed by atoms with van der Waals surface area (Å²) < 4.78 is 0. The first-order valence-electron chi connectivity index (χ1n) is 9.94. The summed E-state index contributed by atoms with van der Waals surface area (Å²) in [4.78, 5) is 20.8. The fraction of sp³-hybridized carbons (Fsp3) is 0.381. The Labute approximate surface area is 174 Å². The van der Waals surface area contributed by atoms with E-state index < -0.39 is 0 Å². The van der Waals surface area contributed by atoms with Crippen molar-refractivity contribution in [1.82, 2.24) is 20.1 Å². The minimum absolute atomic E-state index is 0.249. The maximum atomic E-state index is 12.3. The van der Waals surface area contributed by atoms with E-state index in [-0.39, 0.29) is 5.56 Å². The molecule has 0 saturated carbocycles. The molecule has 1 fully saturated rings. The Balaban J connectivity index is 1.38. The third kappa shape index (κ3) is 4.83. The van der Waals surface area contributed by atoms with Gasteiger partial charge in [0.2, 0.25) is 5.95 Å². The molecule has 0 atom stereocenters. The van der Waals surface area contributed by atoms with E-state index in [1.54, 1.807) is 0 Å². The normalized spacial score (nSPS) is 15.1. The van der Waals surface area contributed by atoms with Crippen molar-refractivity contribution in [3.8, 4) is 10.6 Å². The van der Waals surface area contributed by atoms with Crippen LogP contribution in [0, 0.1) is 5.92 Å². The molecule has 2 aromatic heterocycles. The number of aromatic nitrogens is 3. The van der Waals surface area contributed by atoms with Gasteiger partial charge in [0.05, 0.1) is 4.88 Å². The maximum Gasteiger partial charge on any atom is 0.280 e. The van der Waals surface area contributed by atoms with Crippen LogP contribution in [0.5, 0.6) is 0 Å². The Morgan fingerprint density at radius 3 is 2.48 bits per heavy atom. The van der Waals surface area contributed by atoms with Crippen LogP contribution in [-0.2, 0) is 0 Å². The van der Waals surface area contributed by atoms with Gasteiger partial charge < -0.3 is 10.2 Å². The molecule has 152 valence electrons. The number of aromatic amines is 1. The third-order valence-corrected chi connectivity index (χ3v) is 5.82. The molecular weight excluding hydrogens is 384 g/mol. The smallest absolute Gasteiger partial charge is 0.280 e. The van der Waals surface area contributed by atoms with Crippen LogP contribution in [-0.4, -0.2) is 52.8 Å². The van der Waals surface area contributed by atoms with Gasteiger partial charge in [-0.25, -0.2) is 0 Å². The largest absolute Gasteiger partial charge is 0.369 e. The highest BCUT2D eigenvalue weighted by atomic mass is 32.1. The van der Waals surface area contributed by atoms with Crippen molar-refractivity contribution < 1.29 is 0 Å². The van der Waals surface area contributed by atoms with Crippen LogP contribution in [0.1, 0.15) is 13.8 Å². The van der Waals surface area contributed by atoms with E-state index in [1.807, 2.05) is 29.6 Å². The van der Waals surface area contributed by atoms with Gasteiger partial charge in [-0.3, -0.25) is 14.7 Å². The molecule has 0 amide bonds. The second-order valence-electron chi connectivity index (χ2n) is 7.68. The molecule has 0 radical (unpaired) electrons. The first kappa shape index (κ1) is 19.6. The number of nitrogens with one attached hydrogen (secondary N) is 2. The van der Waals surface area contributed by atoms with E-state index in [0.717, 1.165) is 36.7 Å². The Morgan fingerprint density at radius 2 is 1.86 bits per heavy atom. The topological polar surface area (TPSA) is 77.2 Å². The van der Waals surface area contributed by atoms with Gasteiger partial charge in [0.25, 0.3) is 5.56 Å². The summed E-state index contributed by atoms with van der Waals surface area (Å²) in [5, 5.41) is 13.2. The van der Waals surface area contributed by atoms with Crippen molar-refractivity contribution in [2.45, 2.75) is 13.8 Å². The van der Waals surface area contributed by atoms with Gasteiger partial charge in [-0.15, -0.1) is 21.5 Å². The van der Waals surface area contributed by atoms with Crippen LogP contribution in [0.25, 0.3) is 10.6 Å². The van der Waals surface area contributed by atoms with Gasteiger partial charge in [0, 0.05) is 44.1 Å². The summed E-state index contributed by atoms with van der Waals surface area (Å²) in [6.45, 7) is 10.0. The van der Waals surface area contributed by atoms with E-state index in [4.69, 9.17) is 0 Å². The highest BCUT2D eigenvalue weighted by Gasteiger charge is 2.17. The highest BCUT2D eigenvalue weighted by Crippen LogP contribution is 2.22. The molecule has 0 aliphatic carbocycles. The number of hydrogen-bond acceptors (Lipinski definition) is 7. The highest BCUT2D eigenvalue weighted by molar-refractivity contribution is 7.13. The summed E-state index contributed by atoms with van der Waals surface area (Å²) in [6.07, 6.45) is 0. The van der Waals surface area contributed by atoms with Gasteiger partial charge in [0.15, 0.2) is 5.69 Å². The van der Waals surface area contributed by atoms with Gasteiger partial charge in [0.1, 0.15) is 0 Å². The van der Waals surface area contributed by atoms with E-state index in [9.17, 15) is 4.79 Å². The van der Waals surface area contributed by atoms with Crippen molar-refractivity contribution in [1.29, 1.82) is 0 Å². The molecule has 2 N–H and O–H groups in total. The van der Waals surface area contributed by atoms with Crippen LogP contribution >= 0.6 is 11.3 Å². The number of piperazine rings is 1. The summed E-state index contributed by atoms with van der Waals surface area (Å²) in [5.74, 6) is 1.05. The van der Waals surface area contributed by atoms with Crippen molar-refractivity contribution in [2.24, 2.45) is 5.92 Å². The molecule has 0 unspecified atom stereocenters. The lowest BCUT2D eigenvalue weighted by Gasteiger charge is -2.36. The molecule has 0 bridgehead atoms. The lowest BCUT2D eigenvalue weighted by Crippen LogP contribution is -2.47. The van der Waals surface area contributed by atoms with E-state index in [1.165, 1.54) is 23.6 Å². The quantitative estimate of drug-likeness (QED) is 0.648. The van der Waals surface area contributed by atoms with Gasteiger partial charge >= 0.3 is 0 Å². The molecule has 1 aliphatic rings. The fourth-order valence-electron chi connectivity index (χ4n) is 3.57. The van der Waals surface area contributed by atoms with Gasteiger partial charge in [-0.2, -0.15) is 0 Å². The summed E-state index contributed by atoms with van der Waals surface area (Å²) in [7, 11) is 0. The van der Waals surface area contributed by atoms with Crippen LogP contribution in [0.3, 0.4) is 0 Å². The lowest BCUT2D eigenvalue weighted by atomic mass is 10.2. The number of thiophene rings is 1. The molecule has 4 rings (SSSR count). The minimum Gasteiger partial charge on any atom is -0.369 e. The van der Waals surface area contributed by atoms with Crippen molar-refractivity contribution >= 4 is 28.7 Å². The van der Waals surface area contributed by atoms with Crippen LogP contribution in [0.4, 0.5) is 17.3 Å². The summed E-state index contributed by atoms with van der Waals surface area (Å²) in [5.41, 5.74) is 2.17. The minimum atomic E-state index is -0.249. The Morgan fingerprint density at radius 1 is 1.10 bits per heavy atom. The van der Waals surface area contributed by atoms with Gasteiger partial charge in [-0.1, -0.05) is 19.9 Å². The Kier molecular flexibility index (Phi) is 5.92. The number of hydrogen-bond donors (Lipinski definition) is 2. The second-order valence-corrected chi connectivity index (χ2v) is 8.63. The molecule has 3 aromatic rings. The molecule has 3 heterocycles. The zero-order valence-electron chi connectivity index (χ0n) is 16.8. The molecular formula is C21H26N6OS. The van der Waals surface area contributed by atoms with Crippen LogP contribution in [0.2, 0.25) is 0 Å². The second kappa shape index (κ2) is 8.75. The standard InChI is InChI=1S/C21H26N6OS/c1-15(2)14-26-9-11-27(12-10-26)17-7-5-16(6-8-17)22-21-23-20(28)19(24-25-21)18-4-3-13-29-18/h3-8,13,15H,9-12,14H2,1-2H3,(H2,22,23,25,28). The van der Waals surface area contributed by atoms with Gasteiger partial charge in [-0.05, 0) is 41.6 Å². The molecule has 29 heavy (non-hydrogen) atoms. The maximum absolute atomic E-state index is 12.3. The SMILES string of the molecule is CC(C)CN1CCN(c2ccc(Nc3nnc(-c4cccs4)c(=O)[nH]3)cc2)CC1. The average molecular weight is 411 g/mol. The van der Waals surface area contributed by atoms with Crippen molar-refractivity contribution in [2.75, 3.05) is 42.9 Å². The number of rotatable bonds is 6. The van der Waals surface area contributed by atoms with Crippen molar-refractivity contribution in [3.63, 3.8) is 0 Å². The van der Waals surface area contributed by atoms with Crippen molar-refractivity contribution in [3.05, 3.63) is 52.1 Å². The number of nitrogens with zero attached hydrogens (tertiary/aromatic N) is 4. The molecule has 1 saturated heterocycles. The zero-order chi connectivity index (χ0) is 20.2. The monoisotopic (exact) mass is 410 g/mol. The first-order valence-corrected chi connectivity index (χ1v) is 10.8. The van der Waals surface area contributed by atoms with Crippen LogP contribution < -0.4 is 15.8 Å². The number of anilines is 3. The predicted molar refractivity (Wildman–Crippen MR) is 119 cm³/mol. The van der Waals surface area contributed by atoms with E-state index >= 15 is 0 Å². The third-order valence-electron chi connectivity index (χ3n) is 4.94. The molecule has 7 nitrogen and oxygen atoms in total.